The Morgan fingerprint density at radius 1 is 1.09 bits per heavy atom. The highest BCUT2D eigenvalue weighted by molar-refractivity contribution is 5.98. The number of benzene rings is 1. The minimum Gasteiger partial charge on any atom is -0.378 e. The summed E-state index contributed by atoms with van der Waals surface area (Å²) in [5.74, 6) is 0.846. The Hall–Kier alpha value is -2.47. The third kappa shape index (κ3) is 2.12. The quantitative estimate of drug-likeness (QED) is 0.722. The van der Waals surface area contributed by atoms with E-state index in [1.807, 2.05) is 29.9 Å². The van der Waals surface area contributed by atoms with Crippen molar-refractivity contribution in [2.24, 2.45) is 7.05 Å². The average Bonchev–Trinajstić information content (AvgIpc) is 2.92. The first-order chi connectivity index (χ1) is 10.8. The lowest BCUT2D eigenvalue weighted by atomic mass is 10.1. The number of anilines is 1. The standard InChI is InChI=1S/C16H17N5O/c1-20-15(12-5-3-2-4-6-12)13-11-17-18-16(14(13)19-20)21-7-9-22-10-8-21/h2-6,11H,7-10H2,1H3. The molecular formula is C16H17N5O. The maximum absolute atomic E-state index is 5.42. The fourth-order valence-electron chi connectivity index (χ4n) is 2.94. The molecule has 6 nitrogen and oxygen atoms in total. The van der Waals surface area contributed by atoms with Crippen molar-refractivity contribution in [2.45, 2.75) is 0 Å². The van der Waals surface area contributed by atoms with Crippen LogP contribution in [0.5, 0.6) is 0 Å². The minimum absolute atomic E-state index is 0.719. The summed E-state index contributed by atoms with van der Waals surface area (Å²) in [6.07, 6.45) is 1.80. The maximum Gasteiger partial charge on any atom is 0.179 e. The van der Waals surface area contributed by atoms with E-state index < -0.39 is 0 Å². The van der Waals surface area contributed by atoms with Crippen LogP contribution in [0.3, 0.4) is 0 Å². The largest absolute Gasteiger partial charge is 0.378 e. The lowest BCUT2D eigenvalue weighted by molar-refractivity contribution is 0.122. The Labute approximate surface area is 128 Å². The van der Waals surface area contributed by atoms with E-state index in [1.165, 1.54) is 0 Å². The highest BCUT2D eigenvalue weighted by Gasteiger charge is 2.20. The van der Waals surface area contributed by atoms with Crippen LogP contribution >= 0.6 is 0 Å². The van der Waals surface area contributed by atoms with E-state index in [2.05, 4.69) is 27.2 Å². The lowest BCUT2D eigenvalue weighted by Crippen LogP contribution is -2.37. The van der Waals surface area contributed by atoms with Crippen LogP contribution in [-0.4, -0.2) is 46.3 Å². The van der Waals surface area contributed by atoms with E-state index in [0.29, 0.717) is 0 Å². The van der Waals surface area contributed by atoms with Gasteiger partial charge in [0, 0.05) is 25.7 Å². The van der Waals surface area contributed by atoms with Gasteiger partial charge >= 0.3 is 0 Å². The summed E-state index contributed by atoms with van der Waals surface area (Å²) in [6, 6.07) is 10.3. The van der Waals surface area contributed by atoms with Gasteiger partial charge < -0.3 is 9.64 Å². The molecule has 0 saturated carbocycles. The van der Waals surface area contributed by atoms with Gasteiger partial charge in [-0.3, -0.25) is 4.68 Å². The van der Waals surface area contributed by atoms with Crippen molar-refractivity contribution >= 4 is 16.7 Å². The molecule has 1 aliphatic heterocycles. The smallest absolute Gasteiger partial charge is 0.179 e. The van der Waals surface area contributed by atoms with Gasteiger partial charge in [-0.25, -0.2) is 0 Å². The van der Waals surface area contributed by atoms with Gasteiger partial charge in [0.1, 0.15) is 5.52 Å². The van der Waals surface area contributed by atoms with E-state index in [0.717, 1.165) is 54.3 Å². The molecule has 0 N–H and O–H groups in total. The molecule has 0 amide bonds. The number of nitrogens with zero attached hydrogens (tertiary/aromatic N) is 5. The van der Waals surface area contributed by atoms with Crippen molar-refractivity contribution in [3.05, 3.63) is 36.5 Å². The van der Waals surface area contributed by atoms with Gasteiger partial charge in [0.2, 0.25) is 0 Å². The molecule has 1 fully saturated rings. The van der Waals surface area contributed by atoms with Gasteiger partial charge in [0.15, 0.2) is 5.82 Å². The molecule has 22 heavy (non-hydrogen) atoms. The molecular weight excluding hydrogens is 278 g/mol. The van der Waals surface area contributed by atoms with Crippen LogP contribution < -0.4 is 4.90 Å². The summed E-state index contributed by atoms with van der Waals surface area (Å²) in [6.45, 7) is 3.09. The first kappa shape index (κ1) is 13.2. The molecule has 0 bridgehead atoms. The van der Waals surface area contributed by atoms with E-state index in [1.54, 1.807) is 6.20 Å². The van der Waals surface area contributed by atoms with Crippen LogP contribution in [-0.2, 0) is 11.8 Å². The Morgan fingerprint density at radius 2 is 1.86 bits per heavy atom. The van der Waals surface area contributed by atoms with Crippen LogP contribution in [0, 0.1) is 0 Å². The first-order valence-electron chi connectivity index (χ1n) is 7.41. The zero-order valence-corrected chi connectivity index (χ0v) is 12.4. The topological polar surface area (TPSA) is 56.1 Å². The zero-order chi connectivity index (χ0) is 14.9. The van der Waals surface area contributed by atoms with E-state index in [-0.39, 0.29) is 0 Å². The number of aryl methyl sites for hydroxylation is 1. The van der Waals surface area contributed by atoms with E-state index >= 15 is 0 Å². The molecule has 3 heterocycles. The lowest BCUT2D eigenvalue weighted by Gasteiger charge is -2.27. The van der Waals surface area contributed by atoms with Gasteiger partial charge in [-0.15, -0.1) is 5.10 Å². The Balaban J connectivity index is 1.89. The number of fused-ring (bicyclic) bond motifs is 1. The number of aromatic nitrogens is 4. The van der Waals surface area contributed by atoms with Crippen LogP contribution in [0.1, 0.15) is 0 Å². The van der Waals surface area contributed by atoms with Gasteiger partial charge in [-0.2, -0.15) is 10.2 Å². The fraction of sp³-hybridized carbons (Fsp3) is 0.312. The highest BCUT2D eigenvalue weighted by atomic mass is 16.5. The molecule has 1 saturated heterocycles. The predicted molar refractivity (Wildman–Crippen MR) is 84.8 cm³/mol. The SMILES string of the molecule is Cn1nc2c(N3CCOCC3)nncc2c1-c1ccccc1. The predicted octanol–water partition coefficient (Wildman–Crippen LogP) is 1.87. The molecule has 0 radical (unpaired) electrons. The fourth-order valence-corrected chi connectivity index (χ4v) is 2.94. The van der Waals surface area contributed by atoms with Crippen molar-refractivity contribution in [2.75, 3.05) is 31.2 Å². The Bertz CT molecular complexity index is 793. The van der Waals surface area contributed by atoms with Crippen molar-refractivity contribution in [1.82, 2.24) is 20.0 Å². The van der Waals surface area contributed by atoms with Crippen molar-refractivity contribution in [1.29, 1.82) is 0 Å². The second kappa shape index (κ2) is 5.38. The van der Waals surface area contributed by atoms with Gasteiger partial charge in [0.05, 0.1) is 30.5 Å². The van der Waals surface area contributed by atoms with Gasteiger partial charge in [0.25, 0.3) is 0 Å². The maximum atomic E-state index is 5.42. The number of morpholine rings is 1. The average molecular weight is 295 g/mol. The third-order valence-electron chi connectivity index (χ3n) is 3.99. The zero-order valence-electron chi connectivity index (χ0n) is 12.4. The molecule has 1 aromatic carbocycles. The van der Waals surface area contributed by atoms with Crippen molar-refractivity contribution in [3.63, 3.8) is 0 Å². The normalized spacial score (nSPS) is 15.4. The second-order valence-electron chi connectivity index (χ2n) is 5.37. The minimum atomic E-state index is 0.719. The number of ether oxygens (including phenoxy) is 1. The molecule has 3 aromatic rings. The number of hydrogen-bond donors (Lipinski definition) is 0. The molecule has 0 atom stereocenters. The molecule has 2 aromatic heterocycles. The summed E-state index contributed by atoms with van der Waals surface area (Å²) in [5.41, 5.74) is 3.10. The highest BCUT2D eigenvalue weighted by Crippen LogP contribution is 2.31. The van der Waals surface area contributed by atoms with Crippen LogP contribution in [0.15, 0.2) is 36.5 Å². The van der Waals surface area contributed by atoms with Crippen LogP contribution in [0.4, 0.5) is 5.82 Å². The number of hydrogen-bond acceptors (Lipinski definition) is 5. The van der Waals surface area contributed by atoms with Gasteiger partial charge in [-0.05, 0) is 0 Å². The third-order valence-corrected chi connectivity index (χ3v) is 3.99. The Kier molecular flexibility index (Phi) is 3.23. The summed E-state index contributed by atoms with van der Waals surface area (Å²) >= 11 is 0. The first-order valence-corrected chi connectivity index (χ1v) is 7.41. The molecule has 0 aliphatic carbocycles. The summed E-state index contributed by atoms with van der Waals surface area (Å²) in [4.78, 5) is 2.20. The molecule has 0 spiro atoms. The van der Waals surface area contributed by atoms with Crippen molar-refractivity contribution in [3.8, 4) is 11.3 Å². The van der Waals surface area contributed by atoms with E-state index in [9.17, 15) is 0 Å². The van der Waals surface area contributed by atoms with E-state index in [4.69, 9.17) is 9.84 Å². The number of rotatable bonds is 2. The molecule has 6 heteroatoms. The van der Waals surface area contributed by atoms with Crippen LogP contribution in [0.2, 0.25) is 0 Å². The molecule has 112 valence electrons. The molecule has 4 rings (SSSR count). The second-order valence-corrected chi connectivity index (χ2v) is 5.37. The molecule has 1 aliphatic rings. The van der Waals surface area contributed by atoms with Gasteiger partial charge in [-0.1, -0.05) is 30.3 Å². The molecule has 0 unspecified atom stereocenters. The van der Waals surface area contributed by atoms with Crippen molar-refractivity contribution < 1.29 is 4.74 Å². The summed E-state index contributed by atoms with van der Waals surface area (Å²) in [5, 5.41) is 14.3. The summed E-state index contributed by atoms with van der Waals surface area (Å²) in [7, 11) is 1.96. The summed E-state index contributed by atoms with van der Waals surface area (Å²) < 4.78 is 7.33. The van der Waals surface area contributed by atoms with Crippen LogP contribution in [0.25, 0.3) is 22.2 Å². The monoisotopic (exact) mass is 295 g/mol. The Morgan fingerprint density at radius 3 is 2.64 bits per heavy atom.